The van der Waals surface area contributed by atoms with Gasteiger partial charge in [0.2, 0.25) is 5.91 Å². The van der Waals surface area contributed by atoms with Crippen molar-refractivity contribution in [3.05, 3.63) is 18.7 Å². The molecule has 0 aromatic carbocycles. The molecule has 0 unspecified atom stereocenters. The van der Waals surface area contributed by atoms with Gasteiger partial charge in [-0.2, -0.15) is 0 Å². The number of rotatable bonds is 4. The highest BCUT2D eigenvalue weighted by molar-refractivity contribution is 5.89. The Labute approximate surface area is 115 Å². The molecule has 0 aliphatic carbocycles. The first-order chi connectivity index (χ1) is 9.81. The van der Waals surface area contributed by atoms with Gasteiger partial charge in [0.1, 0.15) is 30.8 Å². The predicted octanol–water partition coefficient (Wildman–Crippen LogP) is -0.298. The third-order valence-electron chi connectivity index (χ3n) is 3.05. The SMILES string of the molecule is O=C(Cn1cnnn1)Nc1cc(N2CCCC2)ncn1. The molecule has 3 heterocycles. The maximum absolute atomic E-state index is 11.8. The summed E-state index contributed by atoms with van der Waals surface area (Å²) in [6.45, 7) is 2.04. The van der Waals surface area contributed by atoms with Crippen molar-refractivity contribution in [3.8, 4) is 0 Å². The second-order valence-electron chi connectivity index (χ2n) is 4.51. The Hall–Kier alpha value is -2.58. The fourth-order valence-corrected chi connectivity index (χ4v) is 2.12. The lowest BCUT2D eigenvalue weighted by Crippen LogP contribution is -2.22. The predicted molar refractivity (Wildman–Crippen MR) is 69.9 cm³/mol. The second-order valence-corrected chi connectivity index (χ2v) is 4.51. The van der Waals surface area contributed by atoms with Crippen molar-refractivity contribution < 1.29 is 4.79 Å². The third kappa shape index (κ3) is 2.87. The summed E-state index contributed by atoms with van der Waals surface area (Å²) >= 11 is 0. The van der Waals surface area contributed by atoms with E-state index in [1.165, 1.54) is 30.2 Å². The van der Waals surface area contributed by atoms with Gasteiger partial charge >= 0.3 is 0 Å². The zero-order chi connectivity index (χ0) is 13.8. The molecule has 3 rings (SSSR count). The van der Waals surface area contributed by atoms with Crippen LogP contribution in [0.25, 0.3) is 0 Å². The van der Waals surface area contributed by atoms with E-state index in [2.05, 4.69) is 35.7 Å². The van der Waals surface area contributed by atoms with Crippen molar-refractivity contribution in [1.82, 2.24) is 30.2 Å². The highest BCUT2D eigenvalue weighted by atomic mass is 16.2. The molecule has 1 aliphatic rings. The van der Waals surface area contributed by atoms with Crippen LogP contribution in [0.3, 0.4) is 0 Å². The monoisotopic (exact) mass is 274 g/mol. The molecule has 0 saturated carbocycles. The van der Waals surface area contributed by atoms with Crippen LogP contribution in [0.5, 0.6) is 0 Å². The quantitative estimate of drug-likeness (QED) is 0.816. The van der Waals surface area contributed by atoms with Crippen molar-refractivity contribution in [1.29, 1.82) is 0 Å². The van der Waals surface area contributed by atoms with Crippen LogP contribution in [0.2, 0.25) is 0 Å². The Morgan fingerprint density at radius 2 is 2.15 bits per heavy atom. The number of anilines is 2. The van der Waals surface area contributed by atoms with Crippen LogP contribution in [-0.4, -0.2) is 49.2 Å². The molecule has 0 atom stereocenters. The number of hydrogen-bond acceptors (Lipinski definition) is 7. The average Bonchev–Trinajstić information content (AvgIpc) is 3.11. The molecule has 1 N–H and O–H groups in total. The minimum absolute atomic E-state index is 0.0516. The van der Waals surface area contributed by atoms with Crippen molar-refractivity contribution in [3.63, 3.8) is 0 Å². The van der Waals surface area contributed by atoms with Gasteiger partial charge in [-0.3, -0.25) is 4.79 Å². The number of nitrogens with one attached hydrogen (secondary N) is 1. The van der Waals surface area contributed by atoms with E-state index in [1.54, 1.807) is 6.07 Å². The molecule has 0 spiro atoms. The van der Waals surface area contributed by atoms with Gasteiger partial charge in [-0.1, -0.05) is 0 Å². The largest absolute Gasteiger partial charge is 0.356 e. The first-order valence-corrected chi connectivity index (χ1v) is 6.39. The summed E-state index contributed by atoms with van der Waals surface area (Å²) in [7, 11) is 0. The van der Waals surface area contributed by atoms with Crippen molar-refractivity contribution in [2.75, 3.05) is 23.3 Å². The third-order valence-corrected chi connectivity index (χ3v) is 3.05. The summed E-state index contributed by atoms with van der Waals surface area (Å²) in [6.07, 6.45) is 5.19. The molecule has 20 heavy (non-hydrogen) atoms. The highest BCUT2D eigenvalue weighted by Crippen LogP contribution is 2.19. The minimum atomic E-state index is -0.233. The lowest BCUT2D eigenvalue weighted by atomic mass is 10.4. The Morgan fingerprint density at radius 1 is 1.30 bits per heavy atom. The zero-order valence-corrected chi connectivity index (χ0v) is 10.8. The summed E-state index contributed by atoms with van der Waals surface area (Å²) < 4.78 is 1.35. The van der Waals surface area contributed by atoms with Crippen LogP contribution in [0, 0.1) is 0 Å². The normalized spacial score (nSPS) is 14.5. The number of tetrazole rings is 1. The lowest BCUT2D eigenvalue weighted by Gasteiger charge is -2.16. The topological polar surface area (TPSA) is 102 Å². The van der Waals surface area contributed by atoms with Gasteiger partial charge in [-0.25, -0.2) is 14.6 Å². The highest BCUT2D eigenvalue weighted by Gasteiger charge is 2.14. The number of aromatic nitrogens is 6. The molecule has 1 saturated heterocycles. The molecule has 1 aliphatic heterocycles. The summed E-state index contributed by atoms with van der Waals surface area (Å²) in [5.74, 6) is 1.10. The van der Waals surface area contributed by atoms with Gasteiger partial charge in [0, 0.05) is 19.2 Å². The van der Waals surface area contributed by atoms with E-state index in [-0.39, 0.29) is 12.5 Å². The van der Waals surface area contributed by atoms with Crippen molar-refractivity contribution in [2.45, 2.75) is 19.4 Å². The van der Waals surface area contributed by atoms with Crippen LogP contribution < -0.4 is 10.2 Å². The first kappa shape index (κ1) is 12.5. The van der Waals surface area contributed by atoms with Crippen molar-refractivity contribution in [2.24, 2.45) is 0 Å². The van der Waals surface area contributed by atoms with Crippen molar-refractivity contribution >= 4 is 17.5 Å². The van der Waals surface area contributed by atoms with E-state index in [4.69, 9.17) is 0 Å². The van der Waals surface area contributed by atoms with Gasteiger partial charge in [0.25, 0.3) is 0 Å². The Morgan fingerprint density at radius 3 is 2.90 bits per heavy atom. The van der Waals surface area contributed by atoms with Gasteiger partial charge in [-0.05, 0) is 23.3 Å². The molecule has 0 bridgehead atoms. The maximum atomic E-state index is 11.8. The fourth-order valence-electron chi connectivity index (χ4n) is 2.12. The van der Waals surface area contributed by atoms with Crippen LogP contribution in [0.4, 0.5) is 11.6 Å². The maximum Gasteiger partial charge on any atom is 0.247 e. The number of nitrogens with zero attached hydrogens (tertiary/aromatic N) is 7. The lowest BCUT2D eigenvalue weighted by molar-refractivity contribution is -0.116. The van der Waals surface area contributed by atoms with E-state index in [1.807, 2.05) is 0 Å². The Balaban J connectivity index is 1.64. The first-order valence-electron chi connectivity index (χ1n) is 6.39. The molecule has 1 amide bonds. The molecular formula is C11H14N8O. The van der Waals surface area contributed by atoms with Crippen LogP contribution in [0.1, 0.15) is 12.8 Å². The standard InChI is InChI=1S/C11H14N8O/c20-11(6-19-8-14-16-17-19)15-9-5-10(13-7-12-9)18-3-1-2-4-18/h5,7-8H,1-4,6H2,(H,12,13,15,20). The molecule has 2 aromatic rings. The Bertz CT molecular complexity index is 578. The van der Waals surface area contributed by atoms with Gasteiger partial charge in [-0.15, -0.1) is 5.10 Å². The fraction of sp³-hybridized carbons (Fsp3) is 0.455. The van der Waals surface area contributed by atoms with Gasteiger partial charge in [0.05, 0.1) is 0 Å². The second kappa shape index (κ2) is 5.59. The van der Waals surface area contributed by atoms with E-state index < -0.39 is 0 Å². The van der Waals surface area contributed by atoms with Gasteiger partial charge < -0.3 is 10.2 Å². The van der Waals surface area contributed by atoms with Crippen LogP contribution in [-0.2, 0) is 11.3 Å². The summed E-state index contributed by atoms with van der Waals surface area (Å²) in [5, 5.41) is 13.3. The zero-order valence-electron chi connectivity index (χ0n) is 10.8. The molecule has 9 heteroatoms. The van der Waals surface area contributed by atoms with E-state index in [0.717, 1.165) is 18.9 Å². The van der Waals surface area contributed by atoms with E-state index >= 15 is 0 Å². The molecule has 2 aromatic heterocycles. The smallest absolute Gasteiger partial charge is 0.247 e. The number of carbonyl (C=O) groups excluding carboxylic acids is 1. The minimum Gasteiger partial charge on any atom is -0.356 e. The molecule has 9 nitrogen and oxygen atoms in total. The number of hydrogen-bond donors (Lipinski definition) is 1. The average molecular weight is 274 g/mol. The molecule has 104 valence electrons. The molecular weight excluding hydrogens is 260 g/mol. The number of carbonyl (C=O) groups is 1. The summed E-state index contributed by atoms with van der Waals surface area (Å²) in [6, 6.07) is 1.78. The Kier molecular flexibility index (Phi) is 3.48. The van der Waals surface area contributed by atoms with Crippen LogP contribution in [0.15, 0.2) is 18.7 Å². The van der Waals surface area contributed by atoms with Gasteiger partial charge in [0.15, 0.2) is 0 Å². The summed E-state index contributed by atoms with van der Waals surface area (Å²) in [4.78, 5) is 22.3. The van der Waals surface area contributed by atoms with E-state index in [0.29, 0.717) is 5.82 Å². The van der Waals surface area contributed by atoms with E-state index in [9.17, 15) is 4.79 Å². The molecule has 0 radical (unpaired) electrons. The molecule has 1 fully saturated rings. The number of amides is 1. The van der Waals surface area contributed by atoms with Crippen LogP contribution >= 0.6 is 0 Å². The summed E-state index contributed by atoms with van der Waals surface area (Å²) in [5.41, 5.74) is 0.